The van der Waals surface area contributed by atoms with Crippen LogP contribution in [0.1, 0.15) is 80.5 Å². The normalized spacial score (nSPS) is 12.2. The fourth-order valence-electron chi connectivity index (χ4n) is 3.87. The second kappa shape index (κ2) is 14.8. The zero-order chi connectivity index (χ0) is 24.1. The summed E-state index contributed by atoms with van der Waals surface area (Å²) in [6.07, 6.45) is 5.57. The topological polar surface area (TPSA) is 63.6 Å². The van der Waals surface area contributed by atoms with E-state index >= 15 is 0 Å². The SMILES string of the molecule is CC(=O)CCCC(=O)CCCC(O)OC(CCc1ccc(C)cc1)CCc1ccc(C)cc1. The van der Waals surface area contributed by atoms with Crippen LogP contribution in [0.25, 0.3) is 0 Å². The third kappa shape index (κ3) is 11.9. The molecule has 1 unspecified atom stereocenters. The molecule has 0 radical (unpaired) electrons. The van der Waals surface area contributed by atoms with Gasteiger partial charge in [0.2, 0.25) is 0 Å². The summed E-state index contributed by atoms with van der Waals surface area (Å²) >= 11 is 0. The van der Waals surface area contributed by atoms with Crippen molar-refractivity contribution in [2.75, 3.05) is 0 Å². The van der Waals surface area contributed by atoms with Gasteiger partial charge in [-0.15, -0.1) is 0 Å². The molecule has 0 bridgehead atoms. The van der Waals surface area contributed by atoms with Gasteiger partial charge >= 0.3 is 0 Å². The molecule has 1 atom stereocenters. The first-order chi connectivity index (χ1) is 15.8. The number of rotatable bonds is 16. The minimum atomic E-state index is -0.865. The van der Waals surface area contributed by atoms with Gasteiger partial charge in [0.05, 0.1) is 6.10 Å². The Hall–Kier alpha value is -2.30. The van der Waals surface area contributed by atoms with Crippen LogP contribution in [0, 0.1) is 13.8 Å². The van der Waals surface area contributed by atoms with E-state index in [2.05, 4.69) is 62.4 Å². The van der Waals surface area contributed by atoms with Gasteiger partial charge in [-0.2, -0.15) is 0 Å². The lowest BCUT2D eigenvalue weighted by molar-refractivity contribution is -0.143. The van der Waals surface area contributed by atoms with Gasteiger partial charge in [0.15, 0.2) is 6.29 Å². The maximum atomic E-state index is 12.0. The molecule has 4 nitrogen and oxygen atoms in total. The van der Waals surface area contributed by atoms with Gasteiger partial charge in [0.1, 0.15) is 11.6 Å². The molecule has 0 fully saturated rings. The Bertz CT molecular complexity index is 789. The van der Waals surface area contributed by atoms with Gasteiger partial charge in [-0.1, -0.05) is 59.7 Å². The number of Topliss-reactive ketones (excluding diaryl/α,β-unsaturated/α-hetero) is 2. The number of carbonyl (C=O) groups is 2. The van der Waals surface area contributed by atoms with Gasteiger partial charge in [0.25, 0.3) is 0 Å². The predicted octanol–water partition coefficient (Wildman–Crippen LogP) is 6.07. The molecule has 180 valence electrons. The molecule has 0 aliphatic rings. The van der Waals surface area contributed by atoms with Gasteiger partial charge in [-0.05, 0) is 76.8 Å². The first kappa shape index (κ1) is 26.9. The van der Waals surface area contributed by atoms with Crippen LogP contribution in [0.4, 0.5) is 0 Å². The third-order valence-electron chi connectivity index (χ3n) is 5.99. The number of hydrogen-bond acceptors (Lipinski definition) is 4. The Morgan fingerprint density at radius 3 is 1.73 bits per heavy atom. The maximum absolute atomic E-state index is 12.0. The zero-order valence-corrected chi connectivity index (χ0v) is 20.5. The number of hydrogen-bond donors (Lipinski definition) is 1. The monoisotopic (exact) mass is 452 g/mol. The van der Waals surface area contributed by atoms with E-state index in [0.29, 0.717) is 38.5 Å². The molecule has 0 saturated carbocycles. The van der Waals surface area contributed by atoms with Crippen molar-refractivity contribution in [2.24, 2.45) is 0 Å². The molecule has 2 rings (SSSR count). The average molecular weight is 453 g/mol. The summed E-state index contributed by atoms with van der Waals surface area (Å²) in [5, 5.41) is 10.5. The summed E-state index contributed by atoms with van der Waals surface area (Å²) in [4.78, 5) is 22.9. The van der Waals surface area contributed by atoms with Crippen LogP contribution in [0.15, 0.2) is 48.5 Å². The van der Waals surface area contributed by atoms with Gasteiger partial charge in [-0.3, -0.25) is 4.79 Å². The summed E-state index contributed by atoms with van der Waals surface area (Å²) in [5.74, 6) is 0.271. The van der Waals surface area contributed by atoms with Crippen molar-refractivity contribution in [1.29, 1.82) is 0 Å². The Morgan fingerprint density at radius 2 is 1.24 bits per heavy atom. The number of benzene rings is 2. The highest BCUT2D eigenvalue weighted by atomic mass is 16.6. The Labute approximate surface area is 199 Å². The first-order valence-corrected chi connectivity index (χ1v) is 12.3. The first-order valence-electron chi connectivity index (χ1n) is 12.3. The fourth-order valence-corrected chi connectivity index (χ4v) is 3.87. The molecule has 0 amide bonds. The number of ketones is 2. The van der Waals surface area contributed by atoms with Crippen LogP contribution >= 0.6 is 0 Å². The van der Waals surface area contributed by atoms with Gasteiger partial charge in [-0.25, -0.2) is 0 Å². The van der Waals surface area contributed by atoms with E-state index < -0.39 is 6.29 Å². The molecule has 2 aromatic rings. The number of ether oxygens (including phenoxy) is 1. The smallest absolute Gasteiger partial charge is 0.154 e. The molecule has 0 aromatic heterocycles. The molecule has 0 saturated heterocycles. The van der Waals surface area contributed by atoms with Gasteiger partial charge < -0.3 is 14.6 Å². The largest absolute Gasteiger partial charge is 0.368 e. The molecule has 1 N–H and O–H groups in total. The highest BCUT2D eigenvalue weighted by Gasteiger charge is 2.16. The van der Waals surface area contributed by atoms with E-state index in [-0.39, 0.29) is 17.7 Å². The molecule has 2 aromatic carbocycles. The quantitative estimate of drug-likeness (QED) is 0.314. The van der Waals surface area contributed by atoms with Crippen molar-refractivity contribution >= 4 is 11.6 Å². The Morgan fingerprint density at radius 1 is 0.758 bits per heavy atom. The summed E-state index contributed by atoms with van der Waals surface area (Å²) in [5.41, 5.74) is 5.04. The van der Waals surface area contributed by atoms with Crippen molar-refractivity contribution in [3.8, 4) is 0 Å². The van der Waals surface area contributed by atoms with E-state index in [1.54, 1.807) is 6.92 Å². The second-order valence-corrected chi connectivity index (χ2v) is 9.25. The maximum Gasteiger partial charge on any atom is 0.154 e. The van der Waals surface area contributed by atoms with Crippen LogP contribution in [0.3, 0.4) is 0 Å². The molecule has 0 spiro atoms. The lowest BCUT2D eigenvalue weighted by Gasteiger charge is -2.22. The third-order valence-corrected chi connectivity index (χ3v) is 5.99. The lowest BCUT2D eigenvalue weighted by atomic mass is 10.00. The molecule has 0 heterocycles. The second-order valence-electron chi connectivity index (χ2n) is 9.25. The summed E-state index contributed by atoms with van der Waals surface area (Å²) in [6.45, 7) is 5.72. The molecule has 33 heavy (non-hydrogen) atoms. The van der Waals surface area contributed by atoms with Crippen LogP contribution < -0.4 is 0 Å². The van der Waals surface area contributed by atoms with Gasteiger partial charge in [0, 0.05) is 19.3 Å². The van der Waals surface area contributed by atoms with E-state index in [9.17, 15) is 14.7 Å². The molecule has 0 aliphatic carbocycles. The zero-order valence-electron chi connectivity index (χ0n) is 20.5. The lowest BCUT2D eigenvalue weighted by Crippen LogP contribution is -2.23. The fraction of sp³-hybridized carbons (Fsp3) is 0.517. The number of carbonyl (C=O) groups excluding carboxylic acids is 2. The van der Waals surface area contributed by atoms with Crippen LogP contribution in [0.5, 0.6) is 0 Å². The highest BCUT2D eigenvalue weighted by molar-refractivity contribution is 5.80. The predicted molar refractivity (Wildman–Crippen MR) is 133 cm³/mol. The number of aryl methyl sites for hydroxylation is 4. The highest BCUT2D eigenvalue weighted by Crippen LogP contribution is 2.18. The van der Waals surface area contributed by atoms with Crippen molar-refractivity contribution in [3.05, 3.63) is 70.8 Å². The van der Waals surface area contributed by atoms with Crippen LogP contribution in [-0.2, 0) is 27.2 Å². The number of aliphatic hydroxyl groups excluding tert-OH is 1. The summed E-state index contributed by atoms with van der Waals surface area (Å²) < 4.78 is 6.04. The van der Waals surface area contributed by atoms with E-state index in [4.69, 9.17) is 4.74 Å². The van der Waals surface area contributed by atoms with Crippen LogP contribution in [-0.4, -0.2) is 29.1 Å². The minimum absolute atomic E-state index is 0.0473. The standard InChI is InChI=1S/C29H40O4/c1-22-10-14-25(15-11-22)18-20-28(21-19-26-16-12-23(2)13-17-26)33-29(32)9-5-8-27(31)7-4-6-24(3)30/h10-17,28-29,32H,4-9,18-21H2,1-3H3. The molecular formula is C29H40O4. The minimum Gasteiger partial charge on any atom is -0.368 e. The Kier molecular flexibility index (Phi) is 12.1. The van der Waals surface area contributed by atoms with E-state index in [1.165, 1.54) is 22.3 Å². The van der Waals surface area contributed by atoms with Crippen LogP contribution in [0.2, 0.25) is 0 Å². The summed E-state index contributed by atoms with van der Waals surface area (Å²) in [6, 6.07) is 17.1. The Balaban J connectivity index is 1.81. The molecular weight excluding hydrogens is 412 g/mol. The summed E-state index contributed by atoms with van der Waals surface area (Å²) in [7, 11) is 0. The van der Waals surface area contributed by atoms with E-state index in [1.807, 2.05) is 0 Å². The van der Waals surface area contributed by atoms with Crippen molar-refractivity contribution in [1.82, 2.24) is 0 Å². The molecule has 0 aliphatic heterocycles. The van der Waals surface area contributed by atoms with Crippen molar-refractivity contribution < 1.29 is 19.4 Å². The average Bonchev–Trinajstić information content (AvgIpc) is 2.77. The number of aliphatic hydroxyl groups is 1. The van der Waals surface area contributed by atoms with Crippen molar-refractivity contribution in [3.63, 3.8) is 0 Å². The molecule has 4 heteroatoms. The van der Waals surface area contributed by atoms with E-state index in [0.717, 1.165) is 25.7 Å². The van der Waals surface area contributed by atoms with Crippen molar-refractivity contribution in [2.45, 2.75) is 97.4 Å².